The van der Waals surface area contributed by atoms with Crippen LogP contribution in [0.15, 0.2) is 78.9 Å². The molecule has 5 heteroatoms. The van der Waals surface area contributed by atoms with E-state index in [2.05, 4.69) is 64.2 Å². The van der Waals surface area contributed by atoms with Gasteiger partial charge in [0.2, 0.25) is 0 Å². The number of anilines is 1. The maximum Gasteiger partial charge on any atom is 0.256 e. The van der Waals surface area contributed by atoms with Crippen LogP contribution in [-0.2, 0) is 12.0 Å². The molecule has 0 saturated heterocycles. The van der Waals surface area contributed by atoms with E-state index >= 15 is 0 Å². The zero-order chi connectivity index (χ0) is 25.2. The molecule has 1 amide bonds. The van der Waals surface area contributed by atoms with Crippen LogP contribution in [0.3, 0.4) is 0 Å². The van der Waals surface area contributed by atoms with Crippen LogP contribution in [0.5, 0.6) is 0 Å². The summed E-state index contributed by atoms with van der Waals surface area (Å²) in [7, 11) is 0. The third-order valence-corrected chi connectivity index (χ3v) is 6.25. The number of hydrogen-bond acceptors (Lipinski definition) is 3. The Bertz CT molecular complexity index is 1290. The number of benzene rings is 3. The summed E-state index contributed by atoms with van der Waals surface area (Å²) < 4.78 is 1.86. The van der Waals surface area contributed by atoms with Crippen molar-refractivity contribution < 1.29 is 4.79 Å². The fraction of sp³-hybridized carbons (Fsp3) is 0.267. The quantitative estimate of drug-likeness (QED) is 0.333. The minimum atomic E-state index is -0.185. The van der Waals surface area contributed by atoms with Crippen LogP contribution >= 0.6 is 0 Å². The Morgan fingerprint density at radius 1 is 0.943 bits per heavy atom. The van der Waals surface area contributed by atoms with E-state index in [1.807, 2.05) is 59.3 Å². The first-order chi connectivity index (χ1) is 16.7. The van der Waals surface area contributed by atoms with Crippen LogP contribution in [0.2, 0.25) is 0 Å². The number of carbonyl (C=O) groups is 1. The molecule has 0 aliphatic carbocycles. The zero-order valence-electron chi connectivity index (χ0n) is 21.2. The topological polar surface area (TPSA) is 72.9 Å². The first-order valence-corrected chi connectivity index (χ1v) is 12.1. The standard InChI is InChI=1S/C30H34N4O/c1-20(2)22-8-10-23(11-9-22)27-18-28(33-34(27)26-16-6-21(19-31)7-17-26)32-29(35)24-12-14-25(15-13-24)30(3,4)5/h6-18,20H,19,31H2,1-5H3,(H,32,33,35). The van der Waals surface area contributed by atoms with Gasteiger partial charge in [-0.15, -0.1) is 5.10 Å². The summed E-state index contributed by atoms with van der Waals surface area (Å²) in [5.74, 6) is 0.772. The van der Waals surface area contributed by atoms with Crippen LogP contribution in [0, 0.1) is 0 Å². The van der Waals surface area contributed by atoms with E-state index in [-0.39, 0.29) is 11.3 Å². The van der Waals surface area contributed by atoms with Gasteiger partial charge < -0.3 is 11.1 Å². The fourth-order valence-electron chi connectivity index (χ4n) is 3.97. The van der Waals surface area contributed by atoms with Crippen LogP contribution in [0.4, 0.5) is 5.82 Å². The Morgan fingerprint density at radius 2 is 1.57 bits per heavy atom. The lowest BCUT2D eigenvalue weighted by Crippen LogP contribution is -2.14. The van der Waals surface area contributed by atoms with E-state index in [0.717, 1.165) is 22.5 Å². The van der Waals surface area contributed by atoms with E-state index in [0.29, 0.717) is 23.8 Å². The second kappa shape index (κ2) is 9.88. The van der Waals surface area contributed by atoms with Gasteiger partial charge in [-0.2, -0.15) is 0 Å². The van der Waals surface area contributed by atoms with Gasteiger partial charge in [0.1, 0.15) is 0 Å². The molecule has 1 aromatic heterocycles. The Kier molecular flexibility index (Phi) is 6.90. The molecule has 4 rings (SSSR count). The Labute approximate surface area is 208 Å². The molecular formula is C30H34N4O. The van der Waals surface area contributed by atoms with E-state index in [1.54, 1.807) is 0 Å². The van der Waals surface area contributed by atoms with Gasteiger partial charge in [-0.05, 0) is 52.3 Å². The van der Waals surface area contributed by atoms with Crippen molar-refractivity contribution >= 4 is 11.7 Å². The predicted molar refractivity (Wildman–Crippen MR) is 144 cm³/mol. The summed E-state index contributed by atoms with van der Waals surface area (Å²) in [6, 6.07) is 26.2. The Morgan fingerprint density at radius 3 is 2.11 bits per heavy atom. The normalized spacial score (nSPS) is 11.6. The Balaban J connectivity index is 1.67. The highest BCUT2D eigenvalue weighted by Crippen LogP contribution is 2.28. The minimum Gasteiger partial charge on any atom is -0.326 e. The lowest BCUT2D eigenvalue weighted by atomic mass is 9.87. The molecule has 3 N–H and O–H groups in total. The molecule has 4 aromatic rings. The molecule has 1 heterocycles. The second-order valence-electron chi connectivity index (χ2n) is 10.3. The van der Waals surface area contributed by atoms with Gasteiger partial charge in [-0.1, -0.05) is 83.1 Å². The Hall–Kier alpha value is -3.70. The summed E-state index contributed by atoms with van der Waals surface area (Å²) in [5, 5.41) is 7.72. The lowest BCUT2D eigenvalue weighted by molar-refractivity contribution is 0.102. The summed E-state index contributed by atoms with van der Waals surface area (Å²) in [6.07, 6.45) is 0. The van der Waals surface area contributed by atoms with E-state index < -0.39 is 0 Å². The maximum atomic E-state index is 13.0. The number of amides is 1. The van der Waals surface area contributed by atoms with Crippen molar-refractivity contribution in [3.63, 3.8) is 0 Å². The predicted octanol–water partition coefficient (Wildman–Crippen LogP) is 6.67. The molecular weight excluding hydrogens is 432 g/mol. The molecule has 5 nitrogen and oxygen atoms in total. The van der Waals surface area contributed by atoms with Crippen LogP contribution in [0.25, 0.3) is 16.9 Å². The molecule has 0 spiro atoms. The number of carbonyl (C=O) groups excluding carboxylic acids is 1. The van der Waals surface area contributed by atoms with Crippen LogP contribution in [-0.4, -0.2) is 15.7 Å². The number of nitrogens with one attached hydrogen (secondary N) is 1. The number of hydrogen-bond donors (Lipinski definition) is 2. The van der Waals surface area contributed by atoms with Gasteiger partial charge in [0, 0.05) is 23.7 Å². The first kappa shape index (κ1) is 24.4. The third-order valence-electron chi connectivity index (χ3n) is 6.25. The first-order valence-electron chi connectivity index (χ1n) is 12.1. The molecule has 35 heavy (non-hydrogen) atoms. The van der Waals surface area contributed by atoms with Crippen molar-refractivity contribution in [2.24, 2.45) is 5.73 Å². The molecule has 0 atom stereocenters. The minimum absolute atomic E-state index is 0.0350. The van der Waals surface area contributed by atoms with Crippen molar-refractivity contribution in [2.45, 2.75) is 52.5 Å². The van der Waals surface area contributed by atoms with Gasteiger partial charge in [-0.25, -0.2) is 4.68 Å². The fourth-order valence-corrected chi connectivity index (χ4v) is 3.97. The number of nitrogens with zero attached hydrogens (tertiary/aromatic N) is 2. The molecule has 180 valence electrons. The number of rotatable bonds is 6. The highest BCUT2D eigenvalue weighted by Gasteiger charge is 2.17. The van der Waals surface area contributed by atoms with Gasteiger partial charge in [0.25, 0.3) is 5.91 Å². The molecule has 0 radical (unpaired) electrons. The lowest BCUT2D eigenvalue weighted by Gasteiger charge is -2.18. The molecule has 0 aliphatic rings. The SMILES string of the molecule is CC(C)c1ccc(-c2cc(NC(=O)c3ccc(C(C)(C)C)cc3)nn2-c2ccc(CN)cc2)cc1. The van der Waals surface area contributed by atoms with Gasteiger partial charge in [0.05, 0.1) is 11.4 Å². The van der Waals surface area contributed by atoms with Crippen molar-refractivity contribution in [1.29, 1.82) is 0 Å². The van der Waals surface area contributed by atoms with Crippen molar-refractivity contribution in [1.82, 2.24) is 9.78 Å². The molecule has 0 unspecified atom stereocenters. The molecule has 3 aromatic carbocycles. The average molecular weight is 467 g/mol. The van der Waals surface area contributed by atoms with Gasteiger partial charge >= 0.3 is 0 Å². The van der Waals surface area contributed by atoms with Crippen molar-refractivity contribution in [3.8, 4) is 16.9 Å². The summed E-state index contributed by atoms with van der Waals surface area (Å²) in [5.41, 5.74) is 12.8. The van der Waals surface area contributed by atoms with Gasteiger partial charge in [-0.3, -0.25) is 4.79 Å². The molecule has 0 fully saturated rings. The van der Waals surface area contributed by atoms with E-state index in [4.69, 9.17) is 10.8 Å². The van der Waals surface area contributed by atoms with E-state index in [9.17, 15) is 4.79 Å². The zero-order valence-corrected chi connectivity index (χ0v) is 21.2. The van der Waals surface area contributed by atoms with E-state index in [1.165, 1.54) is 11.1 Å². The number of nitrogens with two attached hydrogens (primary N) is 1. The van der Waals surface area contributed by atoms with Crippen LogP contribution < -0.4 is 11.1 Å². The molecule has 0 saturated carbocycles. The monoisotopic (exact) mass is 466 g/mol. The number of aromatic nitrogens is 2. The largest absolute Gasteiger partial charge is 0.326 e. The highest BCUT2D eigenvalue weighted by atomic mass is 16.1. The smallest absolute Gasteiger partial charge is 0.256 e. The van der Waals surface area contributed by atoms with Crippen molar-refractivity contribution in [2.75, 3.05) is 5.32 Å². The molecule has 0 bridgehead atoms. The third kappa shape index (κ3) is 5.52. The summed E-state index contributed by atoms with van der Waals surface area (Å²) in [4.78, 5) is 13.0. The van der Waals surface area contributed by atoms with Crippen molar-refractivity contribution in [3.05, 3.63) is 101 Å². The maximum absolute atomic E-state index is 13.0. The highest BCUT2D eigenvalue weighted by molar-refractivity contribution is 6.04. The second-order valence-corrected chi connectivity index (χ2v) is 10.3. The summed E-state index contributed by atoms with van der Waals surface area (Å²) in [6.45, 7) is 11.3. The van der Waals surface area contributed by atoms with Gasteiger partial charge in [0.15, 0.2) is 5.82 Å². The summed E-state index contributed by atoms with van der Waals surface area (Å²) >= 11 is 0. The molecule has 0 aliphatic heterocycles. The van der Waals surface area contributed by atoms with Crippen LogP contribution in [0.1, 0.15) is 67.6 Å². The average Bonchev–Trinajstić information content (AvgIpc) is 3.27.